The number of aryl methyl sites for hydroxylation is 1. The van der Waals surface area contributed by atoms with E-state index in [-0.39, 0.29) is 11.2 Å². The Kier molecular flexibility index (Phi) is 4.35. The highest BCUT2D eigenvalue weighted by molar-refractivity contribution is 6.81. The summed E-state index contributed by atoms with van der Waals surface area (Å²) in [6.07, 6.45) is 2.65. The number of hydrogen-bond acceptors (Lipinski definition) is 3. The normalized spacial score (nSPS) is 20.1. The lowest BCUT2D eigenvalue weighted by Gasteiger charge is -2.32. The molecule has 1 aliphatic heterocycles. The van der Waals surface area contributed by atoms with Crippen LogP contribution in [-0.2, 0) is 15.7 Å². The van der Waals surface area contributed by atoms with E-state index in [1.807, 2.05) is 33.8 Å². The van der Waals surface area contributed by atoms with Crippen molar-refractivity contribution in [2.75, 3.05) is 0 Å². The van der Waals surface area contributed by atoms with Crippen LogP contribution < -0.4 is 0 Å². The Balaban J connectivity index is 1.82. The minimum Gasteiger partial charge on any atom is -0.399 e. The number of benzene rings is 1. The summed E-state index contributed by atoms with van der Waals surface area (Å²) in [7, 11) is -0.490. The van der Waals surface area contributed by atoms with Crippen LogP contribution in [-0.4, -0.2) is 23.9 Å². The third-order valence-corrected chi connectivity index (χ3v) is 4.29. The molecule has 0 aliphatic carbocycles. The molecule has 0 spiro atoms. The maximum absolute atomic E-state index is 8.16. The fourth-order valence-corrected chi connectivity index (χ4v) is 2.23. The van der Waals surface area contributed by atoms with E-state index in [0.29, 0.717) is 12.0 Å². The molecule has 1 aromatic rings. The Bertz CT molecular complexity index is 455. The van der Waals surface area contributed by atoms with Gasteiger partial charge in [0.05, 0.1) is 11.2 Å². The first-order chi connectivity index (χ1) is 9.32. The molecule has 1 N–H and O–H groups in total. The maximum Gasteiger partial charge on any atom is 0.509 e. The van der Waals surface area contributed by atoms with Gasteiger partial charge in [0.1, 0.15) is 0 Å². The van der Waals surface area contributed by atoms with Crippen LogP contribution in [0.5, 0.6) is 0 Å². The second-order valence-corrected chi connectivity index (χ2v) is 6.45. The van der Waals surface area contributed by atoms with E-state index >= 15 is 0 Å². The standard InChI is InChI=1S/C16H24BNO2/c1-15(2)16(3,4)20-17(19-15)14(18)12-8-11-13-9-6-5-7-10-13/h5-7,9-10,18H,8,11-12H2,1-4H3. The van der Waals surface area contributed by atoms with Gasteiger partial charge >= 0.3 is 7.12 Å². The smallest absolute Gasteiger partial charge is 0.399 e. The maximum atomic E-state index is 8.16. The molecule has 0 saturated carbocycles. The summed E-state index contributed by atoms with van der Waals surface area (Å²) in [4.78, 5) is 0. The molecule has 1 aromatic carbocycles. The zero-order chi connectivity index (χ0) is 14.8. The first kappa shape index (κ1) is 15.3. The van der Waals surface area contributed by atoms with Gasteiger partial charge in [0.25, 0.3) is 0 Å². The van der Waals surface area contributed by atoms with E-state index in [2.05, 4.69) is 24.3 Å². The fraction of sp³-hybridized carbons (Fsp3) is 0.562. The van der Waals surface area contributed by atoms with E-state index in [4.69, 9.17) is 14.7 Å². The van der Waals surface area contributed by atoms with Gasteiger partial charge in [-0.2, -0.15) is 0 Å². The molecular formula is C16H24BNO2. The first-order valence-electron chi connectivity index (χ1n) is 7.29. The highest BCUT2D eigenvalue weighted by Crippen LogP contribution is 2.37. The molecular weight excluding hydrogens is 249 g/mol. The Morgan fingerprint density at radius 3 is 2.15 bits per heavy atom. The fourth-order valence-electron chi connectivity index (χ4n) is 2.23. The van der Waals surface area contributed by atoms with Crippen molar-refractivity contribution in [3.63, 3.8) is 0 Å². The summed E-state index contributed by atoms with van der Waals surface area (Å²) in [5, 5.41) is 8.16. The third-order valence-electron chi connectivity index (χ3n) is 4.29. The van der Waals surface area contributed by atoms with Crippen molar-refractivity contribution in [1.29, 1.82) is 5.41 Å². The van der Waals surface area contributed by atoms with Crippen molar-refractivity contribution in [2.45, 2.75) is 58.2 Å². The molecule has 1 saturated heterocycles. The van der Waals surface area contributed by atoms with Crippen LogP contribution in [0.2, 0.25) is 0 Å². The number of nitrogens with one attached hydrogen (secondary N) is 1. The molecule has 0 atom stereocenters. The lowest BCUT2D eigenvalue weighted by Crippen LogP contribution is -2.41. The third kappa shape index (κ3) is 3.30. The first-order valence-corrected chi connectivity index (χ1v) is 7.29. The van der Waals surface area contributed by atoms with Crippen LogP contribution in [0.3, 0.4) is 0 Å². The van der Waals surface area contributed by atoms with Crippen LogP contribution >= 0.6 is 0 Å². The van der Waals surface area contributed by atoms with Crippen molar-refractivity contribution in [2.24, 2.45) is 0 Å². The summed E-state index contributed by atoms with van der Waals surface area (Å²) < 4.78 is 11.8. The predicted octanol–water partition coefficient (Wildman–Crippen LogP) is 3.66. The van der Waals surface area contributed by atoms with Crippen molar-refractivity contribution >= 4 is 12.7 Å². The molecule has 0 radical (unpaired) electrons. The topological polar surface area (TPSA) is 42.3 Å². The number of hydrogen-bond donors (Lipinski definition) is 1. The van der Waals surface area contributed by atoms with Crippen molar-refractivity contribution in [3.8, 4) is 0 Å². The van der Waals surface area contributed by atoms with Crippen molar-refractivity contribution in [1.82, 2.24) is 0 Å². The second-order valence-electron chi connectivity index (χ2n) is 6.45. The molecule has 1 heterocycles. The lowest BCUT2D eigenvalue weighted by molar-refractivity contribution is 0.00578. The molecule has 0 aromatic heterocycles. The quantitative estimate of drug-likeness (QED) is 0.657. The lowest BCUT2D eigenvalue weighted by atomic mass is 9.79. The molecule has 0 bridgehead atoms. The minimum absolute atomic E-state index is 0.358. The molecule has 0 amide bonds. The Morgan fingerprint density at radius 2 is 1.60 bits per heavy atom. The van der Waals surface area contributed by atoms with Gasteiger partial charge in [-0.15, -0.1) is 0 Å². The van der Waals surface area contributed by atoms with Crippen LogP contribution in [0.1, 0.15) is 46.1 Å². The summed E-state index contributed by atoms with van der Waals surface area (Å²) in [5.41, 5.74) is 1.14. The van der Waals surface area contributed by atoms with E-state index in [1.165, 1.54) is 5.56 Å². The van der Waals surface area contributed by atoms with E-state index < -0.39 is 7.12 Å². The molecule has 108 valence electrons. The molecule has 4 heteroatoms. The largest absolute Gasteiger partial charge is 0.509 e. The van der Waals surface area contributed by atoms with Gasteiger partial charge in [-0.05, 0) is 52.5 Å². The van der Waals surface area contributed by atoms with Crippen LogP contribution in [0.4, 0.5) is 0 Å². The Hall–Kier alpha value is -1.13. The molecule has 0 unspecified atom stereocenters. The average Bonchev–Trinajstić information content (AvgIpc) is 2.60. The van der Waals surface area contributed by atoms with E-state index in [9.17, 15) is 0 Å². The summed E-state index contributed by atoms with van der Waals surface area (Å²) in [6.45, 7) is 8.07. The van der Waals surface area contributed by atoms with Gasteiger partial charge in [-0.25, -0.2) is 0 Å². The predicted molar refractivity (Wildman–Crippen MR) is 83.2 cm³/mol. The van der Waals surface area contributed by atoms with Crippen LogP contribution in [0.15, 0.2) is 30.3 Å². The average molecular weight is 273 g/mol. The van der Waals surface area contributed by atoms with Gasteiger partial charge in [0.15, 0.2) is 0 Å². The molecule has 2 rings (SSSR count). The molecule has 1 aliphatic rings. The van der Waals surface area contributed by atoms with Gasteiger partial charge in [-0.3, -0.25) is 0 Å². The van der Waals surface area contributed by atoms with Crippen LogP contribution in [0.25, 0.3) is 0 Å². The van der Waals surface area contributed by atoms with E-state index in [1.54, 1.807) is 0 Å². The zero-order valence-electron chi connectivity index (χ0n) is 12.9. The molecule has 20 heavy (non-hydrogen) atoms. The van der Waals surface area contributed by atoms with Gasteiger partial charge in [-0.1, -0.05) is 30.3 Å². The Labute approximate surface area is 122 Å². The molecule has 1 fully saturated rings. The molecule has 3 nitrogen and oxygen atoms in total. The zero-order valence-corrected chi connectivity index (χ0v) is 12.9. The Morgan fingerprint density at radius 1 is 1.05 bits per heavy atom. The second kappa shape index (κ2) is 5.70. The van der Waals surface area contributed by atoms with Crippen molar-refractivity contribution < 1.29 is 9.31 Å². The minimum atomic E-state index is -0.490. The highest BCUT2D eigenvalue weighted by atomic mass is 16.7. The van der Waals surface area contributed by atoms with Crippen molar-refractivity contribution in [3.05, 3.63) is 35.9 Å². The van der Waals surface area contributed by atoms with E-state index in [0.717, 1.165) is 12.8 Å². The summed E-state index contributed by atoms with van der Waals surface area (Å²) in [6, 6.07) is 10.4. The monoisotopic (exact) mass is 273 g/mol. The van der Waals surface area contributed by atoms with Gasteiger partial charge in [0, 0.05) is 5.61 Å². The van der Waals surface area contributed by atoms with Crippen LogP contribution in [0, 0.1) is 5.41 Å². The number of rotatable bonds is 5. The highest BCUT2D eigenvalue weighted by Gasteiger charge is 2.52. The SMILES string of the molecule is CC1(C)OB(C(=N)CCCc2ccccc2)OC1(C)C. The summed E-state index contributed by atoms with van der Waals surface area (Å²) >= 11 is 0. The van der Waals surface area contributed by atoms with Gasteiger partial charge < -0.3 is 14.7 Å². The van der Waals surface area contributed by atoms with Gasteiger partial charge in [0.2, 0.25) is 0 Å². The summed E-state index contributed by atoms with van der Waals surface area (Å²) in [5.74, 6) is 0.